The summed E-state index contributed by atoms with van der Waals surface area (Å²) in [6.45, 7) is 4.32. The first kappa shape index (κ1) is 15.4. The van der Waals surface area contributed by atoms with Gasteiger partial charge in [-0.05, 0) is 32.0 Å². The highest BCUT2D eigenvalue weighted by Crippen LogP contribution is 2.18. The lowest BCUT2D eigenvalue weighted by atomic mass is 10.1. The molecule has 0 aliphatic carbocycles. The maximum absolute atomic E-state index is 12.0. The molecule has 0 saturated heterocycles. The third-order valence-electron chi connectivity index (χ3n) is 2.68. The number of benzene rings is 1. The molecular formula is C15H18N2O3S. The molecule has 1 aliphatic rings. The highest BCUT2D eigenvalue weighted by Gasteiger charge is 2.15. The van der Waals surface area contributed by atoms with Crippen molar-refractivity contribution in [2.45, 2.75) is 19.9 Å². The molecule has 112 valence electrons. The Morgan fingerprint density at radius 3 is 2.76 bits per heavy atom. The Kier molecular flexibility index (Phi) is 5.27. The van der Waals surface area contributed by atoms with Crippen molar-refractivity contribution in [3.8, 4) is 0 Å². The summed E-state index contributed by atoms with van der Waals surface area (Å²) in [7, 11) is 0. The zero-order valence-corrected chi connectivity index (χ0v) is 12.8. The van der Waals surface area contributed by atoms with Crippen LogP contribution in [0, 0.1) is 0 Å². The van der Waals surface area contributed by atoms with E-state index in [1.54, 1.807) is 41.4 Å². The topological polar surface area (TPSA) is 67.4 Å². The first-order valence-corrected chi connectivity index (χ1v) is 7.78. The van der Waals surface area contributed by atoms with Gasteiger partial charge in [0.05, 0.1) is 6.61 Å². The van der Waals surface area contributed by atoms with Crippen LogP contribution in [0.1, 0.15) is 24.2 Å². The second-order valence-electron chi connectivity index (χ2n) is 4.86. The van der Waals surface area contributed by atoms with Gasteiger partial charge in [-0.3, -0.25) is 9.59 Å². The molecule has 0 bridgehead atoms. The number of nitrogens with one attached hydrogen (secondary N) is 2. The van der Waals surface area contributed by atoms with Crippen LogP contribution in [0.5, 0.6) is 0 Å². The Hall–Kier alpha value is -1.95. The number of hydrogen-bond donors (Lipinski definition) is 2. The lowest BCUT2D eigenvalue weighted by Gasteiger charge is -2.14. The van der Waals surface area contributed by atoms with E-state index in [1.807, 2.05) is 13.8 Å². The Morgan fingerprint density at radius 2 is 2.10 bits per heavy atom. The molecule has 0 spiro atoms. The number of amides is 2. The van der Waals surface area contributed by atoms with E-state index in [4.69, 9.17) is 4.74 Å². The van der Waals surface area contributed by atoms with Gasteiger partial charge in [0.25, 0.3) is 11.8 Å². The number of thioether (sulfide) groups is 1. The van der Waals surface area contributed by atoms with Crippen LogP contribution in [0.25, 0.3) is 0 Å². The van der Waals surface area contributed by atoms with E-state index >= 15 is 0 Å². The van der Waals surface area contributed by atoms with Gasteiger partial charge in [0, 0.05) is 28.5 Å². The van der Waals surface area contributed by atoms with Crippen molar-refractivity contribution in [2.24, 2.45) is 0 Å². The van der Waals surface area contributed by atoms with Gasteiger partial charge in [-0.2, -0.15) is 0 Å². The molecule has 0 saturated carbocycles. The molecule has 0 unspecified atom stereocenters. The Bertz CT molecular complexity index is 570. The van der Waals surface area contributed by atoms with E-state index in [0.717, 1.165) is 5.75 Å². The van der Waals surface area contributed by atoms with Crippen molar-refractivity contribution < 1.29 is 14.3 Å². The largest absolute Gasteiger partial charge is 0.487 e. The van der Waals surface area contributed by atoms with Gasteiger partial charge in [0.1, 0.15) is 0 Å². The Labute approximate surface area is 128 Å². The highest BCUT2D eigenvalue weighted by molar-refractivity contribution is 8.02. The molecule has 2 rings (SSSR count). The minimum Gasteiger partial charge on any atom is -0.487 e. The molecule has 1 aliphatic heterocycles. The van der Waals surface area contributed by atoms with Crippen LogP contribution >= 0.6 is 11.8 Å². The van der Waals surface area contributed by atoms with Crippen molar-refractivity contribution in [3.63, 3.8) is 0 Å². The van der Waals surface area contributed by atoms with Crippen molar-refractivity contribution in [2.75, 3.05) is 17.7 Å². The second-order valence-corrected chi connectivity index (χ2v) is 5.84. The monoisotopic (exact) mass is 306 g/mol. The molecule has 0 radical (unpaired) electrons. The predicted molar refractivity (Wildman–Crippen MR) is 84.2 cm³/mol. The zero-order valence-electron chi connectivity index (χ0n) is 12.0. The summed E-state index contributed by atoms with van der Waals surface area (Å²) in [5, 5.41) is 7.25. The van der Waals surface area contributed by atoms with Gasteiger partial charge < -0.3 is 15.4 Å². The van der Waals surface area contributed by atoms with Crippen molar-refractivity contribution in [3.05, 3.63) is 41.0 Å². The lowest BCUT2D eigenvalue weighted by molar-refractivity contribution is -0.116. The van der Waals surface area contributed by atoms with E-state index in [2.05, 4.69) is 10.6 Å². The van der Waals surface area contributed by atoms with Crippen molar-refractivity contribution >= 4 is 29.3 Å². The minimum absolute atomic E-state index is 0.0635. The molecule has 0 atom stereocenters. The SMILES string of the molecule is CC(C)NC(=O)c1cccc(NC(=O)C2=CSCCO2)c1. The van der Waals surface area contributed by atoms with Gasteiger partial charge in [-0.25, -0.2) is 0 Å². The molecule has 2 N–H and O–H groups in total. The number of carbonyl (C=O) groups excluding carboxylic acids is 2. The quantitative estimate of drug-likeness (QED) is 0.896. The number of hydrogen-bond acceptors (Lipinski definition) is 4. The lowest BCUT2D eigenvalue weighted by Crippen LogP contribution is -2.30. The molecular weight excluding hydrogens is 288 g/mol. The standard InChI is InChI=1S/C15H18N2O3S/c1-10(2)16-14(18)11-4-3-5-12(8-11)17-15(19)13-9-21-7-6-20-13/h3-5,8-10H,6-7H2,1-2H3,(H,16,18)(H,17,19). The fourth-order valence-electron chi connectivity index (χ4n) is 1.76. The maximum Gasteiger partial charge on any atom is 0.291 e. The van der Waals surface area contributed by atoms with Crippen LogP contribution in [-0.4, -0.2) is 30.2 Å². The Balaban J connectivity index is 2.05. The molecule has 0 fully saturated rings. The van der Waals surface area contributed by atoms with Gasteiger partial charge in [-0.15, -0.1) is 11.8 Å². The zero-order chi connectivity index (χ0) is 15.2. The van der Waals surface area contributed by atoms with Crippen LogP contribution in [0.4, 0.5) is 5.69 Å². The summed E-state index contributed by atoms with van der Waals surface area (Å²) in [5.41, 5.74) is 1.07. The molecule has 1 heterocycles. The first-order chi connectivity index (χ1) is 10.1. The summed E-state index contributed by atoms with van der Waals surface area (Å²) >= 11 is 1.54. The predicted octanol–water partition coefficient (Wildman–Crippen LogP) is 2.37. The molecule has 21 heavy (non-hydrogen) atoms. The van der Waals surface area contributed by atoms with Gasteiger partial charge in [0.15, 0.2) is 5.76 Å². The molecule has 6 heteroatoms. The Morgan fingerprint density at radius 1 is 1.29 bits per heavy atom. The van der Waals surface area contributed by atoms with E-state index in [9.17, 15) is 9.59 Å². The van der Waals surface area contributed by atoms with Gasteiger partial charge in [-0.1, -0.05) is 6.07 Å². The molecule has 0 aromatic heterocycles. The highest BCUT2D eigenvalue weighted by atomic mass is 32.2. The fourth-order valence-corrected chi connectivity index (χ4v) is 2.39. The van der Waals surface area contributed by atoms with Crippen LogP contribution < -0.4 is 10.6 Å². The molecule has 2 amide bonds. The van der Waals surface area contributed by atoms with Crippen LogP contribution in [0.3, 0.4) is 0 Å². The van der Waals surface area contributed by atoms with E-state index in [0.29, 0.717) is 23.6 Å². The normalized spacial score (nSPS) is 14.1. The van der Waals surface area contributed by atoms with Crippen molar-refractivity contribution in [1.29, 1.82) is 0 Å². The second kappa shape index (κ2) is 7.17. The molecule has 1 aromatic rings. The minimum atomic E-state index is -0.302. The third kappa shape index (κ3) is 4.53. The van der Waals surface area contributed by atoms with Crippen LogP contribution in [0.2, 0.25) is 0 Å². The number of ether oxygens (including phenoxy) is 1. The maximum atomic E-state index is 12.0. The van der Waals surface area contributed by atoms with Crippen LogP contribution in [0.15, 0.2) is 35.4 Å². The van der Waals surface area contributed by atoms with Crippen molar-refractivity contribution in [1.82, 2.24) is 5.32 Å². The number of rotatable bonds is 4. The molecule has 5 nitrogen and oxygen atoms in total. The average Bonchev–Trinajstić information content (AvgIpc) is 2.47. The average molecular weight is 306 g/mol. The summed E-state index contributed by atoms with van der Waals surface area (Å²) in [5.74, 6) is 0.693. The third-order valence-corrected chi connectivity index (χ3v) is 3.46. The van der Waals surface area contributed by atoms with Crippen LogP contribution in [-0.2, 0) is 9.53 Å². The van der Waals surface area contributed by atoms with Gasteiger partial charge >= 0.3 is 0 Å². The van der Waals surface area contributed by atoms with E-state index < -0.39 is 0 Å². The first-order valence-electron chi connectivity index (χ1n) is 6.73. The fraction of sp³-hybridized carbons (Fsp3) is 0.333. The number of anilines is 1. The van der Waals surface area contributed by atoms with Gasteiger partial charge in [0.2, 0.25) is 0 Å². The number of carbonyl (C=O) groups is 2. The summed E-state index contributed by atoms with van der Waals surface area (Å²) in [4.78, 5) is 23.9. The summed E-state index contributed by atoms with van der Waals surface area (Å²) in [6.07, 6.45) is 0. The smallest absolute Gasteiger partial charge is 0.291 e. The summed E-state index contributed by atoms with van der Waals surface area (Å²) in [6, 6.07) is 6.88. The van der Waals surface area contributed by atoms with E-state index in [-0.39, 0.29) is 17.9 Å². The molecule has 1 aromatic carbocycles. The van der Waals surface area contributed by atoms with E-state index in [1.165, 1.54) is 0 Å². The summed E-state index contributed by atoms with van der Waals surface area (Å²) < 4.78 is 5.29.